The zero-order valence-corrected chi connectivity index (χ0v) is 13.7. The van der Waals surface area contributed by atoms with Crippen LogP contribution in [0.15, 0.2) is 12.1 Å². The number of aromatic nitrogens is 1. The molecule has 0 bridgehead atoms. The minimum Gasteiger partial charge on any atom is -0.370 e. The van der Waals surface area contributed by atoms with Crippen LogP contribution >= 0.6 is 11.6 Å². The summed E-state index contributed by atoms with van der Waals surface area (Å²) in [6.45, 7) is 9.00. The Bertz CT molecular complexity index is 474. The molecule has 0 spiro atoms. The fourth-order valence-electron chi connectivity index (χ4n) is 1.61. The number of anilines is 1. The Balaban J connectivity index is 3.02. The molecule has 0 atom stereocenters. The molecule has 0 fully saturated rings. The van der Waals surface area contributed by atoms with Crippen molar-refractivity contribution in [2.45, 2.75) is 46.1 Å². The highest BCUT2D eigenvalue weighted by atomic mass is 35.5. The zero-order chi connectivity index (χ0) is 15.3. The maximum atomic E-state index is 12.5. The molecule has 0 unspecified atom stereocenters. The third-order valence-electron chi connectivity index (χ3n) is 3.68. The molecule has 4 nitrogen and oxygen atoms in total. The van der Waals surface area contributed by atoms with E-state index >= 15 is 0 Å². The van der Waals surface area contributed by atoms with Crippen LogP contribution < -0.4 is 5.32 Å². The Kier molecular flexibility index (Phi) is 5.81. The van der Waals surface area contributed by atoms with E-state index in [1.165, 1.54) is 0 Å². The van der Waals surface area contributed by atoms with Crippen LogP contribution in [0, 0.1) is 0 Å². The topological polar surface area (TPSA) is 45.2 Å². The molecule has 0 saturated heterocycles. The quantitative estimate of drug-likeness (QED) is 0.868. The van der Waals surface area contributed by atoms with Gasteiger partial charge >= 0.3 is 0 Å². The van der Waals surface area contributed by atoms with Gasteiger partial charge in [0, 0.05) is 19.1 Å². The lowest BCUT2D eigenvalue weighted by molar-refractivity contribution is 0.0614. The molecule has 0 radical (unpaired) electrons. The molecule has 0 saturated carbocycles. The van der Waals surface area contributed by atoms with E-state index in [1.54, 1.807) is 24.1 Å². The molecule has 0 aliphatic carbocycles. The molecule has 112 valence electrons. The van der Waals surface area contributed by atoms with Crippen molar-refractivity contribution in [3.8, 4) is 0 Å². The van der Waals surface area contributed by atoms with Crippen molar-refractivity contribution >= 4 is 23.3 Å². The Morgan fingerprint density at radius 1 is 1.40 bits per heavy atom. The number of rotatable bonds is 6. The van der Waals surface area contributed by atoms with Gasteiger partial charge in [0.2, 0.25) is 0 Å². The van der Waals surface area contributed by atoms with Crippen molar-refractivity contribution in [1.29, 1.82) is 0 Å². The summed E-state index contributed by atoms with van der Waals surface area (Å²) >= 11 is 6.12. The van der Waals surface area contributed by atoms with Gasteiger partial charge in [0.15, 0.2) is 0 Å². The molecular formula is C15H24ClN3O. The van der Waals surface area contributed by atoms with Crippen molar-refractivity contribution < 1.29 is 4.79 Å². The molecule has 20 heavy (non-hydrogen) atoms. The van der Waals surface area contributed by atoms with E-state index < -0.39 is 0 Å². The molecule has 1 heterocycles. The minimum absolute atomic E-state index is 0.151. The molecule has 1 rings (SSSR count). The first-order valence-corrected chi connectivity index (χ1v) is 7.39. The third kappa shape index (κ3) is 3.85. The summed E-state index contributed by atoms with van der Waals surface area (Å²) in [5.74, 6) is 0.532. The molecular weight excluding hydrogens is 274 g/mol. The van der Waals surface area contributed by atoms with Crippen LogP contribution in [0.3, 0.4) is 0 Å². The van der Waals surface area contributed by atoms with E-state index in [-0.39, 0.29) is 11.4 Å². The lowest BCUT2D eigenvalue weighted by Crippen LogP contribution is -2.44. The number of hydrogen-bond acceptors (Lipinski definition) is 3. The first-order valence-electron chi connectivity index (χ1n) is 7.02. The van der Waals surface area contributed by atoms with E-state index in [9.17, 15) is 4.79 Å². The summed E-state index contributed by atoms with van der Waals surface area (Å²) < 4.78 is 0. The Morgan fingerprint density at radius 2 is 2.05 bits per heavy atom. The van der Waals surface area contributed by atoms with E-state index in [0.717, 1.165) is 19.4 Å². The number of nitrogens with one attached hydrogen (secondary N) is 1. The molecule has 1 aromatic rings. The number of amides is 1. The number of carbonyl (C=O) groups is 1. The summed E-state index contributed by atoms with van der Waals surface area (Å²) in [6, 6.07) is 3.51. The van der Waals surface area contributed by atoms with Crippen LogP contribution in [0.4, 0.5) is 5.82 Å². The molecule has 1 amide bonds. The zero-order valence-electron chi connectivity index (χ0n) is 13.0. The highest BCUT2D eigenvalue weighted by Gasteiger charge is 2.28. The summed E-state index contributed by atoms with van der Waals surface area (Å²) in [6.07, 6.45) is 1.86. The SMILES string of the molecule is CCCNc1ccc(Cl)c(C(=O)N(C)C(C)(C)CC)n1. The first kappa shape index (κ1) is 16.8. The van der Waals surface area contributed by atoms with Crippen LogP contribution in [-0.2, 0) is 0 Å². The van der Waals surface area contributed by atoms with Crippen LogP contribution in [0.2, 0.25) is 5.02 Å². The van der Waals surface area contributed by atoms with Gasteiger partial charge in [-0.05, 0) is 38.8 Å². The van der Waals surface area contributed by atoms with Crippen LogP contribution in [0.5, 0.6) is 0 Å². The summed E-state index contributed by atoms with van der Waals surface area (Å²) in [7, 11) is 1.79. The number of nitrogens with zero attached hydrogens (tertiary/aromatic N) is 2. The normalized spacial score (nSPS) is 11.3. The Hall–Kier alpha value is -1.29. The van der Waals surface area contributed by atoms with Crippen molar-refractivity contribution in [3.05, 3.63) is 22.8 Å². The van der Waals surface area contributed by atoms with Gasteiger partial charge in [-0.2, -0.15) is 0 Å². The van der Waals surface area contributed by atoms with Gasteiger partial charge in [-0.15, -0.1) is 0 Å². The van der Waals surface area contributed by atoms with Crippen molar-refractivity contribution in [3.63, 3.8) is 0 Å². The largest absolute Gasteiger partial charge is 0.370 e. The van der Waals surface area contributed by atoms with Gasteiger partial charge in [0.1, 0.15) is 11.5 Å². The van der Waals surface area contributed by atoms with Gasteiger partial charge < -0.3 is 10.2 Å². The molecule has 1 aromatic heterocycles. The van der Waals surface area contributed by atoms with Crippen LogP contribution in [-0.4, -0.2) is 34.9 Å². The van der Waals surface area contributed by atoms with Gasteiger partial charge in [0.05, 0.1) is 5.02 Å². The second-order valence-corrected chi connectivity index (χ2v) is 5.89. The second-order valence-electron chi connectivity index (χ2n) is 5.48. The van der Waals surface area contributed by atoms with Gasteiger partial charge in [0.25, 0.3) is 5.91 Å². The number of hydrogen-bond donors (Lipinski definition) is 1. The number of carbonyl (C=O) groups excluding carboxylic acids is 1. The van der Waals surface area contributed by atoms with Crippen molar-refractivity contribution in [2.24, 2.45) is 0 Å². The maximum Gasteiger partial charge on any atom is 0.274 e. The summed E-state index contributed by atoms with van der Waals surface area (Å²) in [5.41, 5.74) is 0.0753. The monoisotopic (exact) mass is 297 g/mol. The van der Waals surface area contributed by atoms with E-state index in [0.29, 0.717) is 16.5 Å². The average molecular weight is 298 g/mol. The predicted molar refractivity (Wildman–Crippen MR) is 84.5 cm³/mol. The standard InChI is InChI=1S/C15H24ClN3O/c1-6-10-17-12-9-8-11(16)13(18-12)14(20)19(5)15(3,4)7-2/h8-9H,6-7,10H2,1-5H3,(H,17,18). The van der Waals surface area contributed by atoms with E-state index in [1.807, 2.05) is 13.8 Å². The Labute approximate surface area is 126 Å². The molecule has 0 aliphatic rings. The fraction of sp³-hybridized carbons (Fsp3) is 0.600. The molecule has 0 aromatic carbocycles. The van der Waals surface area contributed by atoms with Crippen LogP contribution in [0.25, 0.3) is 0 Å². The molecule has 5 heteroatoms. The first-order chi connectivity index (χ1) is 9.33. The van der Waals surface area contributed by atoms with E-state index in [4.69, 9.17) is 11.6 Å². The van der Waals surface area contributed by atoms with Gasteiger partial charge in [-0.1, -0.05) is 25.4 Å². The second kappa shape index (κ2) is 6.93. The van der Waals surface area contributed by atoms with Gasteiger partial charge in [-0.25, -0.2) is 4.98 Å². The lowest BCUT2D eigenvalue weighted by Gasteiger charge is -2.34. The fourth-order valence-corrected chi connectivity index (χ4v) is 1.80. The van der Waals surface area contributed by atoms with Gasteiger partial charge in [-0.3, -0.25) is 4.79 Å². The highest BCUT2D eigenvalue weighted by molar-refractivity contribution is 6.33. The molecule has 1 N–H and O–H groups in total. The molecule has 0 aliphatic heterocycles. The predicted octanol–water partition coefficient (Wildman–Crippen LogP) is 3.82. The highest BCUT2D eigenvalue weighted by Crippen LogP contribution is 2.23. The van der Waals surface area contributed by atoms with Crippen molar-refractivity contribution in [2.75, 3.05) is 18.9 Å². The van der Waals surface area contributed by atoms with Crippen LogP contribution in [0.1, 0.15) is 51.0 Å². The van der Waals surface area contributed by atoms with E-state index in [2.05, 4.69) is 24.1 Å². The minimum atomic E-state index is -0.227. The summed E-state index contributed by atoms with van der Waals surface area (Å²) in [4.78, 5) is 18.6. The lowest BCUT2D eigenvalue weighted by atomic mass is 9.99. The smallest absolute Gasteiger partial charge is 0.274 e. The third-order valence-corrected chi connectivity index (χ3v) is 3.99. The summed E-state index contributed by atoms with van der Waals surface area (Å²) in [5, 5.41) is 3.55. The number of pyridine rings is 1. The Morgan fingerprint density at radius 3 is 2.60 bits per heavy atom. The average Bonchev–Trinajstić information content (AvgIpc) is 2.44. The van der Waals surface area contributed by atoms with Crippen molar-refractivity contribution in [1.82, 2.24) is 9.88 Å². The number of halogens is 1. The maximum absolute atomic E-state index is 12.5.